The Morgan fingerprint density at radius 1 is 1.12 bits per heavy atom. The Hall–Kier alpha value is -3.65. The molecular weight excluding hydrogens is 430 g/mol. The topological polar surface area (TPSA) is 86.3 Å². The van der Waals surface area contributed by atoms with E-state index in [4.69, 9.17) is 20.8 Å². The molecule has 4 rings (SSSR count). The first-order valence-electron chi connectivity index (χ1n) is 10.1. The highest BCUT2D eigenvalue weighted by molar-refractivity contribution is 6.30. The SMILES string of the molecule is CCOc1ccc(-n2ncc(C(=O)N(C)Cc3ccc(-c4ccc(Cl)cc4)o3)c2C)nn1. The molecule has 0 aliphatic carbocycles. The molecular formula is C23H22ClN5O3. The van der Waals surface area contributed by atoms with E-state index < -0.39 is 0 Å². The van der Waals surface area contributed by atoms with Crippen LogP contribution < -0.4 is 4.74 Å². The molecule has 0 saturated heterocycles. The Morgan fingerprint density at radius 3 is 2.59 bits per heavy atom. The summed E-state index contributed by atoms with van der Waals surface area (Å²) in [6, 6.07) is 14.6. The minimum atomic E-state index is -0.169. The Morgan fingerprint density at radius 2 is 1.91 bits per heavy atom. The Balaban J connectivity index is 1.47. The van der Waals surface area contributed by atoms with E-state index in [-0.39, 0.29) is 5.91 Å². The summed E-state index contributed by atoms with van der Waals surface area (Å²) in [5, 5.41) is 13.1. The van der Waals surface area contributed by atoms with Gasteiger partial charge >= 0.3 is 0 Å². The van der Waals surface area contributed by atoms with Crippen LogP contribution in [0.25, 0.3) is 17.1 Å². The predicted molar refractivity (Wildman–Crippen MR) is 120 cm³/mol. The number of furan rings is 1. The van der Waals surface area contributed by atoms with E-state index in [2.05, 4.69) is 15.3 Å². The molecule has 0 bridgehead atoms. The minimum absolute atomic E-state index is 0.169. The largest absolute Gasteiger partial charge is 0.477 e. The van der Waals surface area contributed by atoms with Crippen LogP contribution in [-0.4, -0.2) is 44.4 Å². The van der Waals surface area contributed by atoms with Gasteiger partial charge in [-0.3, -0.25) is 4.79 Å². The molecule has 0 saturated carbocycles. The standard InChI is InChI=1S/C23H22ClN5O3/c1-4-31-22-12-11-21(26-27-22)29-15(2)19(13-25-29)23(30)28(3)14-18-9-10-20(32-18)16-5-7-17(24)8-6-16/h5-13H,4,14H2,1-3H3. The monoisotopic (exact) mass is 451 g/mol. The first-order chi connectivity index (χ1) is 15.5. The molecule has 3 aromatic heterocycles. The number of hydrogen-bond acceptors (Lipinski definition) is 6. The third-order valence-corrected chi connectivity index (χ3v) is 5.16. The third-order valence-electron chi connectivity index (χ3n) is 4.91. The number of amides is 1. The molecule has 8 nitrogen and oxygen atoms in total. The number of rotatable bonds is 7. The summed E-state index contributed by atoms with van der Waals surface area (Å²) in [4.78, 5) is 14.6. The third kappa shape index (κ3) is 4.50. The molecule has 1 aromatic carbocycles. The number of benzene rings is 1. The molecule has 4 aromatic rings. The van der Waals surface area contributed by atoms with Gasteiger partial charge in [0.2, 0.25) is 5.88 Å². The second-order valence-electron chi connectivity index (χ2n) is 7.15. The van der Waals surface area contributed by atoms with E-state index >= 15 is 0 Å². The lowest BCUT2D eigenvalue weighted by Gasteiger charge is -2.15. The number of aromatic nitrogens is 4. The maximum absolute atomic E-state index is 13.0. The zero-order valence-corrected chi connectivity index (χ0v) is 18.7. The Kier molecular flexibility index (Phi) is 6.23. The zero-order valence-electron chi connectivity index (χ0n) is 17.9. The number of nitrogens with zero attached hydrogens (tertiary/aromatic N) is 5. The molecule has 0 unspecified atom stereocenters. The Bertz CT molecular complexity index is 1220. The van der Waals surface area contributed by atoms with Crippen LogP contribution in [0.3, 0.4) is 0 Å². The van der Waals surface area contributed by atoms with E-state index in [1.165, 1.54) is 6.20 Å². The molecule has 0 spiro atoms. The van der Waals surface area contributed by atoms with Gasteiger partial charge in [0, 0.05) is 23.7 Å². The van der Waals surface area contributed by atoms with E-state index in [1.807, 2.05) is 50.2 Å². The predicted octanol–water partition coefficient (Wildman–Crippen LogP) is 4.56. The summed E-state index contributed by atoms with van der Waals surface area (Å²) in [5.74, 6) is 2.17. The van der Waals surface area contributed by atoms with E-state index in [9.17, 15) is 4.79 Å². The molecule has 164 valence electrons. The normalized spacial score (nSPS) is 10.9. The van der Waals surface area contributed by atoms with Gasteiger partial charge in [-0.15, -0.1) is 10.2 Å². The molecule has 0 radical (unpaired) electrons. The van der Waals surface area contributed by atoms with Crippen molar-refractivity contribution in [2.45, 2.75) is 20.4 Å². The average molecular weight is 452 g/mol. The fourth-order valence-electron chi connectivity index (χ4n) is 3.24. The van der Waals surface area contributed by atoms with Crippen LogP contribution in [0.15, 0.2) is 59.1 Å². The van der Waals surface area contributed by atoms with Crippen molar-refractivity contribution in [1.82, 2.24) is 24.9 Å². The van der Waals surface area contributed by atoms with Gasteiger partial charge in [-0.2, -0.15) is 5.10 Å². The van der Waals surface area contributed by atoms with E-state index in [0.717, 1.165) is 11.3 Å². The number of halogens is 1. The fraction of sp³-hybridized carbons (Fsp3) is 0.217. The highest BCUT2D eigenvalue weighted by Gasteiger charge is 2.20. The van der Waals surface area contributed by atoms with Crippen LogP contribution in [0.2, 0.25) is 5.02 Å². The van der Waals surface area contributed by atoms with Crippen LogP contribution in [0.4, 0.5) is 0 Å². The first kappa shape index (κ1) is 21.6. The van der Waals surface area contributed by atoms with Crippen LogP contribution in [0.5, 0.6) is 5.88 Å². The fourth-order valence-corrected chi connectivity index (χ4v) is 3.37. The molecule has 0 fully saturated rings. The van der Waals surface area contributed by atoms with Crippen molar-refractivity contribution in [1.29, 1.82) is 0 Å². The van der Waals surface area contributed by atoms with Crippen molar-refractivity contribution < 1.29 is 13.9 Å². The zero-order chi connectivity index (χ0) is 22.7. The Labute approximate surface area is 190 Å². The summed E-state index contributed by atoms with van der Waals surface area (Å²) < 4.78 is 12.8. The van der Waals surface area contributed by atoms with Crippen LogP contribution >= 0.6 is 11.6 Å². The molecule has 3 heterocycles. The van der Waals surface area contributed by atoms with Gasteiger partial charge < -0.3 is 14.1 Å². The smallest absolute Gasteiger partial charge is 0.257 e. The van der Waals surface area contributed by atoms with Crippen molar-refractivity contribution in [2.75, 3.05) is 13.7 Å². The van der Waals surface area contributed by atoms with E-state index in [1.54, 1.807) is 28.8 Å². The number of carbonyl (C=O) groups excluding carboxylic acids is 1. The van der Waals surface area contributed by atoms with Gasteiger partial charge in [0.1, 0.15) is 11.5 Å². The van der Waals surface area contributed by atoms with Crippen molar-refractivity contribution >= 4 is 17.5 Å². The molecule has 0 atom stereocenters. The minimum Gasteiger partial charge on any atom is -0.477 e. The molecule has 0 N–H and O–H groups in total. The van der Waals surface area contributed by atoms with Gasteiger partial charge in [0.25, 0.3) is 5.91 Å². The van der Waals surface area contributed by atoms with Gasteiger partial charge in [-0.1, -0.05) is 11.6 Å². The highest BCUT2D eigenvalue weighted by Crippen LogP contribution is 2.25. The summed E-state index contributed by atoms with van der Waals surface area (Å²) in [5.41, 5.74) is 2.07. The van der Waals surface area contributed by atoms with E-state index in [0.29, 0.717) is 46.9 Å². The molecule has 0 aliphatic heterocycles. The van der Waals surface area contributed by atoms with Gasteiger partial charge in [-0.25, -0.2) is 4.68 Å². The molecule has 32 heavy (non-hydrogen) atoms. The quantitative estimate of drug-likeness (QED) is 0.409. The van der Waals surface area contributed by atoms with Crippen molar-refractivity contribution in [3.05, 3.63) is 76.8 Å². The maximum atomic E-state index is 13.0. The lowest BCUT2D eigenvalue weighted by Crippen LogP contribution is -2.26. The van der Waals surface area contributed by atoms with Gasteiger partial charge in [-0.05, 0) is 56.3 Å². The number of ether oxygens (including phenoxy) is 1. The lowest BCUT2D eigenvalue weighted by atomic mass is 10.2. The summed E-state index contributed by atoms with van der Waals surface area (Å²) >= 11 is 5.94. The van der Waals surface area contributed by atoms with Crippen LogP contribution in [-0.2, 0) is 6.54 Å². The summed E-state index contributed by atoms with van der Waals surface area (Å²) in [7, 11) is 1.72. The summed E-state index contributed by atoms with van der Waals surface area (Å²) in [6.07, 6.45) is 1.54. The van der Waals surface area contributed by atoms with Crippen molar-refractivity contribution in [3.8, 4) is 23.0 Å². The van der Waals surface area contributed by atoms with Crippen LogP contribution in [0, 0.1) is 6.92 Å². The first-order valence-corrected chi connectivity index (χ1v) is 10.5. The van der Waals surface area contributed by atoms with Crippen molar-refractivity contribution in [3.63, 3.8) is 0 Å². The maximum Gasteiger partial charge on any atom is 0.257 e. The van der Waals surface area contributed by atoms with Crippen molar-refractivity contribution in [2.24, 2.45) is 0 Å². The van der Waals surface area contributed by atoms with Gasteiger partial charge in [0.15, 0.2) is 5.82 Å². The molecule has 0 aliphatic rings. The van der Waals surface area contributed by atoms with Crippen LogP contribution in [0.1, 0.15) is 28.7 Å². The second kappa shape index (κ2) is 9.23. The number of carbonyl (C=O) groups is 1. The average Bonchev–Trinajstić information content (AvgIpc) is 3.41. The number of hydrogen-bond donors (Lipinski definition) is 0. The lowest BCUT2D eigenvalue weighted by molar-refractivity contribution is 0.0775. The second-order valence-corrected chi connectivity index (χ2v) is 7.59. The summed E-state index contributed by atoms with van der Waals surface area (Å²) in [6.45, 7) is 4.52. The van der Waals surface area contributed by atoms with Gasteiger partial charge in [0.05, 0.1) is 30.6 Å². The molecule has 1 amide bonds. The highest BCUT2D eigenvalue weighted by atomic mass is 35.5. The molecule has 9 heteroatoms.